The van der Waals surface area contributed by atoms with Gasteiger partial charge in [0.2, 0.25) is 0 Å². The molecule has 1 rings (SSSR count). The molecule has 96 valence electrons. The third kappa shape index (κ3) is 7.87. The third-order valence-corrected chi connectivity index (χ3v) is 4.01. The lowest BCUT2D eigenvalue weighted by atomic mass is 10.4. The van der Waals surface area contributed by atoms with Crippen molar-refractivity contribution in [2.45, 2.75) is 39.5 Å². The molecular formula is C16H27S+. The van der Waals surface area contributed by atoms with Gasteiger partial charge in [-0.2, -0.15) is 0 Å². The molecule has 1 atom stereocenters. The van der Waals surface area contributed by atoms with Crippen LogP contribution in [0.15, 0.2) is 58.9 Å². The molecule has 1 unspecified atom stereocenters. The summed E-state index contributed by atoms with van der Waals surface area (Å²) in [7, 11) is 0.212. The molecule has 0 aliphatic heterocycles. The van der Waals surface area contributed by atoms with E-state index in [-0.39, 0.29) is 10.9 Å². The first-order valence-corrected chi connectivity index (χ1v) is 7.89. The molecular weight excluding hydrogens is 224 g/mol. The zero-order valence-corrected chi connectivity index (χ0v) is 13.0. The highest BCUT2D eigenvalue weighted by Gasteiger charge is 2.16. The van der Waals surface area contributed by atoms with Crippen molar-refractivity contribution in [2.24, 2.45) is 0 Å². The van der Waals surface area contributed by atoms with E-state index in [0.29, 0.717) is 0 Å². The first-order chi connectivity index (χ1) is 8.25. The summed E-state index contributed by atoms with van der Waals surface area (Å²) in [5.41, 5.74) is 0. The van der Waals surface area contributed by atoms with Gasteiger partial charge >= 0.3 is 0 Å². The van der Waals surface area contributed by atoms with Crippen LogP contribution < -0.4 is 0 Å². The van der Waals surface area contributed by atoms with Gasteiger partial charge in [-0.25, -0.2) is 0 Å². The second-order valence-corrected chi connectivity index (χ2v) is 4.97. The van der Waals surface area contributed by atoms with Crippen LogP contribution in [-0.2, 0) is 10.9 Å². The summed E-state index contributed by atoms with van der Waals surface area (Å²) in [4.78, 5) is 2.76. The monoisotopic (exact) mass is 251 g/mol. The second kappa shape index (κ2) is 13.1. The Kier molecular flexibility index (Phi) is 14.2. The standard InChI is InChI=1S/C12H15S.2C2H6/c1-4-8-11(2)13(3)12-9-6-5-7-10-12;2*1-2/h4-10H,1H2,2-3H3;2*1-2H3/q+1;;/b11-8+;;. The Morgan fingerprint density at radius 1 is 1.06 bits per heavy atom. The summed E-state index contributed by atoms with van der Waals surface area (Å²) < 4.78 is 0. The Bertz CT molecular complexity index is 299. The van der Waals surface area contributed by atoms with E-state index in [1.54, 1.807) is 0 Å². The summed E-state index contributed by atoms with van der Waals surface area (Å²) in [6.07, 6.45) is 6.17. The molecule has 1 aromatic carbocycles. The first kappa shape index (κ1) is 18.4. The molecule has 0 aliphatic carbocycles. The minimum atomic E-state index is 0.212. The maximum Gasteiger partial charge on any atom is 0.160 e. The predicted molar refractivity (Wildman–Crippen MR) is 84.6 cm³/mol. The highest BCUT2D eigenvalue weighted by Crippen LogP contribution is 2.18. The van der Waals surface area contributed by atoms with Gasteiger partial charge in [0.05, 0.1) is 10.9 Å². The Hall–Kier alpha value is -0.950. The minimum absolute atomic E-state index is 0.212. The zero-order chi connectivity index (χ0) is 13.7. The van der Waals surface area contributed by atoms with Gasteiger partial charge in [0.1, 0.15) is 11.2 Å². The van der Waals surface area contributed by atoms with E-state index in [4.69, 9.17) is 0 Å². The average Bonchev–Trinajstić information content (AvgIpc) is 2.43. The lowest BCUT2D eigenvalue weighted by molar-refractivity contribution is 1.44. The fraction of sp³-hybridized carbons (Fsp3) is 0.375. The molecule has 0 nitrogen and oxygen atoms in total. The Labute approximate surface area is 111 Å². The van der Waals surface area contributed by atoms with Crippen LogP contribution in [0.5, 0.6) is 0 Å². The summed E-state index contributed by atoms with van der Waals surface area (Å²) in [5.74, 6) is 0. The minimum Gasteiger partial charge on any atom is -0.0989 e. The highest BCUT2D eigenvalue weighted by molar-refractivity contribution is 7.99. The van der Waals surface area contributed by atoms with Crippen LogP contribution in [-0.4, -0.2) is 6.26 Å². The smallest absolute Gasteiger partial charge is 0.0989 e. The van der Waals surface area contributed by atoms with Crippen molar-refractivity contribution in [1.29, 1.82) is 0 Å². The molecule has 0 bridgehead atoms. The van der Waals surface area contributed by atoms with Crippen molar-refractivity contribution in [3.63, 3.8) is 0 Å². The topological polar surface area (TPSA) is 0 Å². The Balaban J connectivity index is 0. The molecule has 0 saturated carbocycles. The fourth-order valence-corrected chi connectivity index (χ4v) is 2.32. The van der Waals surface area contributed by atoms with Crippen molar-refractivity contribution < 1.29 is 0 Å². The van der Waals surface area contributed by atoms with Gasteiger partial charge < -0.3 is 0 Å². The lowest BCUT2D eigenvalue weighted by Gasteiger charge is -2.00. The van der Waals surface area contributed by atoms with Crippen molar-refractivity contribution >= 4 is 10.9 Å². The predicted octanol–water partition coefficient (Wildman–Crippen LogP) is 5.44. The van der Waals surface area contributed by atoms with Crippen LogP contribution in [0, 0.1) is 0 Å². The van der Waals surface area contributed by atoms with Gasteiger partial charge in [-0.05, 0) is 18.2 Å². The van der Waals surface area contributed by atoms with E-state index < -0.39 is 0 Å². The average molecular weight is 251 g/mol. The highest BCUT2D eigenvalue weighted by atomic mass is 32.2. The molecule has 1 heteroatoms. The molecule has 0 N–H and O–H groups in total. The van der Waals surface area contributed by atoms with Crippen molar-refractivity contribution in [2.75, 3.05) is 6.26 Å². The van der Waals surface area contributed by atoms with E-state index >= 15 is 0 Å². The van der Waals surface area contributed by atoms with E-state index in [2.05, 4.69) is 50.1 Å². The van der Waals surface area contributed by atoms with Crippen molar-refractivity contribution in [3.8, 4) is 0 Å². The van der Waals surface area contributed by atoms with Gasteiger partial charge in [0.25, 0.3) is 0 Å². The van der Waals surface area contributed by atoms with Crippen LogP contribution in [0.4, 0.5) is 0 Å². The van der Waals surface area contributed by atoms with E-state index in [1.807, 2.05) is 39.8 Å². The lowest BCUT2D eigenvalue weighted by Crippen LogP contribution is -1.99. The van der Waals surface area contributed by atoms with Gasteiger partial charge in [-0.1, -0.05) is 58.5 Å². The Morgan fingerprint density at radius 3 is 1.94 bits per heavy atom. The summed E-state index contributed by atoms with van der Waals surface area (Å²) >= 11 is 0. The molecule has 0 saturated heterocycles. The largest absolute Gasteiger partial charge is 0.160 e. The maximum atomic E-state index is 3.70. The molecule has 0 radical (unpaired) electrons. The van der Waals surface area contributed by atoms with E-state index in [9.17, 15) is 0 Å². The molecule has 0 spiro atoms. The molecule has 0 heterocycles. The SMILES string of the molecule is C=C/C=C(\C)[S+](C)c1ccccc1.CC.CC. The molecule has 0 aromatic heterocycles. The number of hydrogen-bond acceptors (Lipinski definition) is 0. The van der Waals surface area contributed by atoms with Crippen LogP contribution in [0.3, 0.4) is 0 Å². The third-order valence-electron chi connectivity index (χ3n) is 1.93. The van der Waals surface area contributed by atoms with Crippen molar-refractivity contribution in [1.82, 2.24) is 0 Å². The number of hydrogen-bond donors (Lipinski definition) is 0. The van der Waals surface area contributed by atoms with Gasteiger partial charge in [-0.3, -0.25) is 0 Å². The van der Waals surface area contributed by atoms with E-state index in [0.717, 1.165) is 0 Å². The summed E-state index contributed by atoms with van der Waals surface area (Å²) in [6, 6.07) is 10.6. The number of rotatable bonds is 3. The Morgan fingerprint density at radius 2 is 1.53 bits per heavy atom. The molecule has 0 aliphatic rings. The molecule has 17 heavy (non-hydrogen) atoms. The number of allylic oxidation sites excluding steroid dienone is 3. The maximum absolute atomic E-state index is 3.70. The van der Waals surface area contributed by atoms with E-state index in [1.165, 1.54) is 9.80 Å². The quantitative estimate of drug-likeness (QED) is 0.496. The van der Waals surface area contributed by atoms with Crippen LogP contribution in [0.25, 0.3) is 0 Å². The van der Waals surface area contributed by atoms with Gasteiger partial charge in [0.15, 0.2) is 4.90 Å². The van der Waals surface area contributed by atoms with Crippen molar-refractivity contribution in [3.05, 3.63) is 54.0 Å². The molecule has 1 aromatic rings. The first-order valence-electron chi connectivity index (χ1n) is 6.26. The van der Waals surface area contributed by atoms with Crippen LogP contribution >= 0.6 is 0 Å². The fourth-order valence-electron chi connectivity index (χ4n) is 1.08. The van der Waals surface area contributed by atoms with Crippen LogP contribution in [0.1, 0.15) is 34.6 Å². The van der Waals surface area contributed by atoms with Crippen LogP contribution in [0.2, 0.25) is 0 Å². The van der Waals surface area contributed by atoms with Gasteiger partial charge in [-0.15, -0.1) is 0 Å². The zero-order valence-electron chi connectivity index (χ0n) is 12.2. The summed E-state index contributed by atoms with van der Waals surface area (Å²) in [6.45, 7) is 13.9. The second-order valence-electron chi connectivity index (χ2n) is 2.84. The van der Waals surface area contributed by atoms with Gasteiger partial charge in [0, 0.05) is 6.92 Å². The molecule has 0 fully saturated rings. The molecule has 0 amide bonds. The normalized spacial score (nSPS) is 11.3. The summed E-state index contributed by atoms with van der Waals surface area (Å²) in [5, 5.41) is 0. The number of benzene rings is 1.